The number of hydrogen-bond donors (Lipinski definition) is 3. The highest BCUT2D eigenvalue weighted by molar-refractivity contribution is 7.70. The maximum absolute atomic E-state index is 13.3. The van der Waals surface area contributed by atoms with Crippen molar-refractivity contribution in [1.29, 1.82) is 0 Å². The van der Waals surface area contributed by atoms with Crippen molar-refractivity contribution in [3.05, 3.63) is 46.5 Å². The highest BCUT2D eigenvalue weighted by Crippen LogP contribution is 2.67. The Labute approximate surface area is 154 Å². The van der Waals surface area contributed by atoms with E-state index in [-0.39, 0.29) is 0 Å². The van der Waals surface area contributed by atoms with Crippen molar-refractivity contribution in [2.75, 3.05) is 0 Å². The summed E-state index contributed by atoms with van der Waals surface area (Å²) >= 11 is 0. The SMILES string of the molecule is CC(C)=CCC/C(C)=C/CC/C(C)=C/C=C(\O)[P+](=O)C(F)(F)P(=O)(O)O. The summed E-state index contributed by atoms with van der Waals surface area (Å²) in [5.41, 5.74) is 2.00. The van der Waals surface area contributed by atoms with E-state index in [1.807, 2.05) is 20.8 Å². The van der Waals surface area contributed by atoms with Crippen molar-refractivity contribution in [2.24, 2.45) is 0 Å². The summed E-state index contributed by atoms with van der Waals surface area (Å²) in [6.45, 7) is 7.82. The lowest BCUT2D eigenvalue weighted by atomic mass is 10.1. The third-order valence-electron chi connectivity index (χ3n) is 3.44. The molecule has 0 saturated carbocycles. The Morgan fingerprint density at radius 1 is 1.00 bits per heavy atom. The topological polar surface area (TPSA) is 94.8 Å². The third-order valence-corrected chi connectivity index (χ3v) is 6.52. The van der Waals surface area contributed by atoms with Gasteiger partial charge in [0.25, 0.3) is 0 Å². The quantitative estimate of drug-likeness (QED) is 0.168. The van der Waals surface area contributed by atoms with Gasteiger partial charge in [-0.1, -0.05) is 39.5 Å². The lowest BCUT2D eigenvalue weighted by molar-refractivity contribution is 0.140. The highest BCUT2D eigenvalue weighted by Gasteiger charge is 2.68. The zero-order chi connectivity index (χ0) is 20.5. The summed E-state index contributed by atoms with van der Waals surface area (Å²) < 4.78 is 48.6. The molecule has 1 atom stereocenters. The Bertz CT molecular complexity index is 669. The normalized spacial score (nSPS) is 15.1. The van der Waals surface area contributed by atoms with Crippen LogP contribution in [0.1, 0.15) is 53.4 Å². The first-order valence-corrected chi connectivity index (χ1v) is 10.9. The summed E-state index contributed by atoms with van der Waals surface area (Å²) in [6.07, 6.45) is 9.59. The number of halogens is 2. The van der Waals surface area contributed by atoms with Crippen LogP contribution < -0.4 is 0 Å². The predicted molar refractivity (Wildman–Crippen MR) is 101 cm³/mol. The van der Waals surface area contributed by atoms with Crippen LogP contribution in [0, 0.1) is 0 Å². The minimum atomic E-state index is -5.92. The van der Waals surface area contributed by atoms with Gasteiger partial charge < -0.3 is 14.9 Å². The zero-order valence-corrected chi connectivity index (χ0v) is 17.2. The molecular weight excluding hydrogens is 384 g/mol. The molecule has 0 aliphatic rings. The second-order valence-corrected chi connectivity index (χ2v) is 9.91. The first kappa shape index (κ1) is 24.9. The molecule has 0 bridgehead atoms. The fourth-order valence-corrected chi connectivity index (χ4v) is 3.60. The summed E-state index contributed by atoms with van der Waals surface area (Å²) in [5.74, 6) is 0. The minimum Gasteiger partial charge on any atom is -0.474 e. The molecule has 0 saturated heterocycles. The Kier molecular flexibility index (Phi) is 10.4. The number of allylic oxidation sites excluding steroid dienone is 7. The first-order chi connectivity index (χ1) is 11.8. The van der Waals surface area contributed by atoms with E-state index in [1.54, 1.807) is 6.92 Å². The lowest BCUT2D eigenvalue weighted by Crippen LogP contribution is -2.11. The second kappa shape index (κ2) is 10.9. The zero-order valence-electron chi connectivity index (χ0n) is 15.4. The molecule has 0 amide bonds. The van der Waals surface area contributed by atoms with Crippen LogP contribution in [0.25, 0.3) is 0 Å². The second-order valence-electron chi connectivity index (χ2n) is 6.30. The van der Waals surface area contributed by atoms with Crippen LogP contribution in [-0.2, 0) is 9.13 Å². The molecular formula is C17H27F2O5P2+. The standard InChI is InChI=1S/C17H26F2O5P2/c1-13(2)7-5-8-14(3)9-6-10-15(4)11-12-16(20)25(21)17(18,19)26(22,23)24/h7,9,11-12H,5-6,8,10H2,1-4H3,(H2-,20,22,23,24)/p+1/b14-9+,15-11+,16-12+. The van der Waals surface area contributed by atoms with Gasteiger partial charge in [-0.25, -0.2) is 4.57 Å². The van der Waals surface area contributed by atoms with E-state index < -0.39 is 26.3 Å². The molecule has 0 fully saturated rings. The molecule has 148 valence electrons. The van der Waals surface area contributed by atoms with E-state index in [2.05, 4.69) is 12.2 Å². The summed E-state index contributed by atoms with van der Waals surface area (Å²) in [7, 11) is -9.85. The molecule has 0 aromatic rings. The molecule has 3 N–H and O–H groups in total. The molecule has 0 rings (SSSR count). The molecule has 1 unspecified atom stereocenters. The number of alkyl halides is 2. The molecule has 0 aliphatic carbocycles. The van der Waals surface area contributed by atoms with E-state index in [0.717, 1.165) is 30.9 Å². The number of aliphatic hydroxyl groups excluding tert-OH is 1. The van der Waals surface area contributed by atoms with Crippen LogP contribution >= 0.6 is 15.4 Å². The fraction of sp³-hybridized carbons (Fsp3) is 0.529. The Hall–Kier alpha value is -1.13. The van der Waals surface area contributed by atoms with Gasteiger partial charge in [0, 0.05) is 6.08 Å². The molecule has 0 radical (unpaired) electrons. The number of rotatable bonds is 10. The van der Waals surface area contributed by atoms with Gasteiger partial charge in [0.1, 0.15) is 0 Å². The van der Waals surface area contributed by atoms with Crippen molar-refractivity contribution in [3.8, 4) is 0 Å². The van der Waals surface area contributed by atoms with Gasteiger partial charge in [0.15, 0.2) is 0 Å². The predicted octanol–water partition coefficient (Wildman–Crippen LogP) is 6.36. The maximum Gasteiger partial charge on any atom is 0.551 e. The van der Waals surface area contributed by atoms with Gasteiger partial charge >= 0.3 is 26.3 Å². The highest BCUT2D eigenvalue weighted by atomic mass is 31.2. The van der Waals surface area contributed by atoms with Crippen molar-refractivity contribution in [3.63, 3.8) is 0 Å². The van der Waals surface area contributed by atoms with Crippen molar-refractivity contribution in [2.45, 2.75) is 58.8 Å². The van der Waals surface area contributed by atoms with Crippen molar-refractivity contribution < 1.29 is 32.8 Å². The van der Waals surface area contributed by atoms with Crippen LogP contribution in [0.4, 0.5) is 8.78 Å². The van der Waals surface area contributed by atoms with E-state index in [9.17, 15) is 23.0 Å². The molecule has 5 nitrogen and oxygen atoms in total. The first-order valence-electron chi connectivity index (χ1n) is 8.05. The van der Waals surface area contributed by atoms with E-state index >= 15 is 0 Å². The van der Waals surface area contributed by atoms with E-state index in [0.29, 0.717) is 6.42 Å². The van der Waals surface area contributed by atoms with Crippen molar-refractivity contribution in [1.82, 2.24) is 0 Å². The average molecular weight is 411 g/mol. The largest absolute Gasteiger partial charge is 0.551 e. The third kappa shape index (κ3) is 9.00. The van der Waals surface area contributed by atoms with Gasteiger partial charge in [-0.2, -0.15) is 0 Å². The van der Waals surface area contributed by atoms with E-state index in [4.69, 9.17) is 9.79 Å². The summed E-state index contributed by atoms with van der Waals surface area (Å²) in [6, 6.07) is 0. The Morgan fingerprint density at radius 3 is 2.00 bits per heavy atom. The fourth-order valence-electron chi connectivity index (χ4n) is 1.86. The molecule has 0 heterocycles. The van der Waals surface area contributed by atoms with Crippen LogP contribution in [0.2, 0.25) is 0 Å². The smallest absolute Gasteiger partial charge is 0.474 e. The molecule has 0 aromatic carbocycles. The Morgan fingerprint density at radius 2 is 1.50 bits per heavy atom. The van der Waals surface area contributed by atoms with Gasteiger partial charge in [-0.3, -0.25) is 0 Å². The van der Waals surface area contributed by atoms with E-state index in [1.165, 1.54) is 17.2 Å². The van der Waals surface area contributed by atoms with Gasteiger partial charge in [-0.05, 0) is 53.4 Å². The minimum absolute atomic E-state index is 0.607. The van der Waals surface area contributed by atoms with Crippen LogP contribution in [0.5, 0.6) is 0 Å². The molecule has 0 aliphatic heterocycles. The lowest BCUT2D eigenvalue weighted by Gasteiger charge is -2.05. The monoisotopic (exact) mass is 411 g/mol. The van der Waals surface area contributed by atoms with Gasteiger partial charge in [0.05, 0.1) is 0 Å². The van der Waals surface area contributed by atoms with Crippen LogP contribution in [0.3, 0.4) is 0 Å². The molecule has 0 aromatic heterocycles. The number of hydrogen-bond acceptors (Lipinski definition) is 3. The molecule has 26 heavy (non-hydrogen) atoms. The van der Waals surface area contributed by atoms with Gasteiger partial charge in [-0.15, -0.1) is 8.78 Å². The molecule has 0 spiro atoms. The van der Waals surface area contributed by atoms with Crippen LogP contribution in [-0.4, -0.2) is 20.3 Å². The number of aliphatic hydroxyl groups is 1. The maximum atomic E-state index is 13.3. The Balaban J connectivity index is 4.73. The summed E-state index contributed by atoms with van der Waals surface area (Å²) in [4.78, 5) is 17.0. The van der Waals surface area contributed by atoms with Crippen molar-refractivity contribution >= 4 is 15.4 Å². The summed E-state index contributed by atoms with van der Waals surface area (Å²) in [5, 5.41) is 4.62. The molecule has 9 heteroatoms. The van der Waals surface area contributed by atoms with Crippen LogP contribution in [0.15, 0.2) is 46.5 Å². The average Bonchev–Trinajstić information content (AvgIpc) is 2.50. The van der Waals surface area contributed by atoms with Gasteiger partial charge in [0.2, 0.25) is 0 Å².